The molecule has 0 atom stereocenters. The summed E-state index contributed by atoms with van der Waals surface area (Å²) in [6, 6.07) is 8.00. The molecule has 3 rings (SSSR count). The van der Waals surface area contributed by atoms with Gasteiger partial charge in [0.1, 0.15) is 0 Å². The molecule has 0 aromatic heterocycles. The summed E-state index contributed by atoms with van der Waals surface area (Å²) in [5.41, 5.74) is 3.20. The summed E-state index contributed by atoms with van der Waals surface area (Å²) in [7, 11) is 0. The summed E-state index contributed by atoms with van der Waals surface area (Å²) in [5.74, 6) is -3.83. The predicted molar refractivity (Wildman–Crippen MR) is 72.3 cm³/mol. The molecule has 104 valence electrons. The van der Waals surface area contributed by atoms with Crippen molar-refractivity contribution < 1.29 is 13.2 Å². The summed E-state index contributed by atoms with van der Waals surface area (Å²) in [4.78, 5) is 0. The number of halogens is 3. The van der Waals surface area contributed by atoms with Crippen LogP contribution in [0.1, 0.15) is 11.1 Å². The van der Waals surface area contributed by atoms with Gasteiger partial charge in [-0.15, -0.1) is 0 Å². The van der Waals surface area contributed by atoms with Gasteiger partial charge in [-0.3, -0.25) is 0 Å². The van der Waals surface area contributed by atoms with Gasteiger partial charge in [-0.05, 0) is 29.7 Å². The van der Waals surface area contributed by atoms with Crippen molar-refractivity contribution in [3.63, 3.8) is 0 Å². The third kappa shape index (κ3) is 2.19. The molecule has 2 aromatic carbocycles. The number of fused-ring (bicyclic) bond motifs is 1. The molecule has 0 amide bonds. The lowest BCUT2D eigenvalue weighted by molar-refractivity contribution is 0.449. The first-order valence-electron chi connectivity index (χ1n) is 6.39. The molecule has 2 nitrogen and oxygen atoms in total. The maximum absolute atomic E-state index is 13.5. The highest BCUT2D eigenvalue weighted by atomic mass is 19.2. The molecule has 0 saturated carbocycles. The first-order valence-corrected chi connectivity index (χ1v) is 6.39. The minimum absolute atomic E-state index is 0.0421. The van der Waals surface area contributed by atoms with E-state index in [1.54, 1.807) is 0 Å². The number of benzene rings is 2. The maximum Gasteiger partial charge on any atom is 0.196 e. The quantitative estimate of drug-likeness (QED) is 0.837. The Kier molecular flexibility index (Phi) is 3.26. The highest BCUT2D eigenvalue weighted by molar-refractivity contribution is 5.62. The highest BCUT2D eigenvalue weighted by Gasteiger charge is 2.15. The molecule has 1 heterocycles. The number of rotatable bonds is 3. The molecule has 1 aliphatic rings. The molecule has 1 aliphatic heterocycles. The van der Waals surface area contributed by atoms with Gasteiger partial charge in [-0.2, -0.15) is 0 Å². The summed E-state index contributed by atoms with van der Waals surface area (Å²) in [5, 5.41) is 6.08. The second kappa shape index (κ2) is 5.07. The minimum Gasteiger partial charge on any atom is -0.384 e. The van der Waals surface area contributed by atoms with Gasteiger partial charge in [0.2, 0.25) is 0 Å². The fourth-order valence-electron chi connectivity index (χ4n) is 2.41. The molecule has 0 fully saturated rings. The van der Waals surface area contributed by atoms with Crippen LogP contribution in [0.15, 0.2) is 30.3 Å². The zero-order valence-corrected chi connectivity index (χ0v) is 10.6. The average Bonchev–Trinajstić information content (AvgIpc) is 2.93. The number of hydrogen-bond acceptors (Lipinski definition) is 2. The lowest BCUT2D eigenvalue weighted by Crippen LogP contribution is -2.06. The van der Waals surface area contributed by atoms with E-state index >= 15 is 0 Å². The van der Waals surface area contributed by atoms with Crippen molar-refractivity contribution in [1.29, 1.82) is 0 Å². The molecule has 20 heavy (non-hydrogen) atoms. The fourth-order valence-corrected chi connectivity index (χ4v) is 2.41. The molecular formula is C15H13F3N2. The van der Waals surface area contributed by atoms with Crippen molar-refractivity contribution in [2.45, 2.75) is 13.0 Å². The van der Waals surface area contributed by atoms with E-state index in [4.69, 9.17) is 0 Å². The number of anilines is 2. The first-order chi connectivity index (χ1) is 9.66. The SMILES string of the molecule is Fc1ccc(NCc2cccc3c2NCC3)c(F)c1F. The van der Waals surface area contributed by atoms with Gasteiger partial charge in [-0.25, -0.2) is 13.2 Å². The average molecular weight is 278 g/mol. The minimum atomic E-state index is -1.45. The Hall–Kier alpha value is -2.17. The monoisotopic (exact) mass is 278 g/mol. The summed E-state index contributed by atoms with van der Waals surface area (Å²) < 4.78 is 39.5. The van der Waals surface area contributed by atoms with Crippen LogP contribution in [-0.4, -0.2) is 6.54 Å². The number of hydrogen-bond donors (Lipinski definition) is 2. The van der Waals surface area contributed by atoms with Crippen LogP contribution in [-0.2, 0) is 13.0 Å². The second-order valence-electron chi connectivity index (χ2n) is 4.70. The summed E-state index contributed by atoms with van der Waals surface area (Å²) in [6.07, 6.45) is 0.961. The van der Waals surface area contributed by atoms with Crippen molar-refractivity contribution in [2.24, 2.45) is 0 Å². The molecule has 0 saturated heterocycles. The zero-order chi connectivity index (χ0) is 14.1. The highest BCUT2D eigenvalue weighted by Crippen LogP contribution is 2.27. The lowest BCUT2D eigenvalue weighted by Gasteiger charge is -2.12. The molecule has 2 N–H and O–H groups in total. The second-order valence-corrected chi connectivity index (χ2v) is 4.70. The fraction of sp³-hybridized carbons (Fsp3) is 0.200. The smallest absolute Gasteiger partial charge is 0.196 e. The topological polar surface area (TPSA) is 24.1 Å². The Morgan fingerprint density at radius 1 is 1.05 bits per heavy atom. The van der Waals surface area contributed by atoms with Gasteiger partial charge in [0, 0.05) is 18.8 Å². The third-order valence-electron chi connectivity index (χ3n) is 3.44. The number of para-hydroxylation sites is 1. The van der Waals surface area contributed by atoms with E-state index in [-0.39, 0.29) is 5.69 Å². The van der Waals surface area contributed by atoms with E-state index in [0.717, 1.165) is 30.3 Å². The van der Waals surface area contributed by atoms with E-state index in [9.17, 15) is 13.2 Å². The van der Waals surface area contributed by atoms with Crippen molar-refractivity contribution in [2.75, 3.05) is 17.2 Å². The van der Waals surface area contributed by atoms with Crippen LogP contribution in [0.2, 0.25) is 0 Å². The van der Waals surface area contributed by atoms with Crippen LogP contribution >= 0.6 is 0 Å². The molecule has 0 aliphatic carbocycles. The van der Waals surface area contributed by atoms with Crippen LogP contribution in [0.25, 0.3) is 0 Å². The molecular weight excluding hydrogens is 265 g/mol. The molecule has 0 radical (unpaired) electrons. The number of nitrogens with one attached hydrogen (secondary N) is 2. The molecule has 0 bridgehead atoms. The molecule has 0 spiro atoms. The summed E-state index contributed by atoms with van der Waals surface area (Å²) >= 11 is 0. The van der Waals surface area contributed by atoms with Gasteiger partial charge >= 0.3 is 0 Å². The first kappa shape index (κ1) is 12.8. The maximum atomic E-state index is 13.5. The van der Waals surface area contributed by atoms with Crippen molar-refractivity contribution in [3.8, 4) is 0 Å². The van der Waals surface area contributed by atoms with Gasteiger partial charge in [0.15, 0.2) is 17.5 Å². The van der Waals surface area contributed by atoms with Crippen molar-refractivity contribution in [1.82, 2.24) is 0 Å². The van der Waals surface area contributed by atoms with Crippen molar-refractivity contribution >= 4 is 11.4 Å². The Balaban J connectivity index is 1.81. The van der Waals surface area contributed by atoms with E-state index in [1.165, 1.54) is 11.6 Å². The Bertz CT molecular complexity index is 656. The predicted octanol–water partition coefficient (Wildman–Crippen LogP) is 3.68. The lowest BCUT2D eigenvalue weighted by atomic mass is 10.1. The summed E-state index contributed by atoms with van der Waals surface area (Å²) in [6.45, 7) is 1.23. The van der Waals surface area contributed by atoms with Crippen LogP contribution < -0.4 is 10.6 Å². The van der Waals surface area contributed by atoms with Crippen LogP contribution in [0.5, 0.6) is 0 Å². The molecule has 0 unspecified atom stereocenters. The van der Waals surface area contributed by atoms with Gasteiger partial charge < -0.3 is 10.6 Å². The van der Waals surface area contributed by atoms with Crippen LogP contribution in [0.3, 0.4) is 0 Å². The van der Waals surface area contributed by atoms with Gasteiger partial charge in [-0.1, -0.05) is 18.2 Å². The van der Waals surface area contributed by atoms with Gasteiger partial charge in [0.25, 0.3) is 0 Å². The van der Waals surface area contributed by atoms with Crippen molar-refractivity contribution in [3.05, 3.63) is 58.9 Å². The Labute approximate surface area is 114 Å². The Morgan fingerprint density at radius 3 is 2.75 bits per heavy atom. The van der Waals surface area contributed by atoms with E-state index in [0.29, 0.717) is 6.54 Å². The normalized spacial score (nSPS) is 12.9. The zero-order valence-electron chi connectivity index (χ0n) is 10.6. The van der Waals surface area contributed by atoms with Crippen LogP contribution in [0.4, 0.5) is 24.5 Å². The van der Waals surface area contributed by atoms with Crippen LogP contribution in [0, 0.1) is 17.5 Å². The van der Waals surface area contributed by atoms with Gasteiger partial charge in [0.05, 0.1) is 5.69 Å². The Morgan fingerprint density at radius 2 is 1.90 bits per heavy atom. The van der Waals surface area contributed by atoms with E-state index in [2.05, 4.69) is 10.6 Å². The molecule has 2 aromatic rings. The molecule has 5 heteroatoms. The third-order valence-corrected chi connectivity index (χ3v) is 3.44. The standard InChI is InChI=1S/C15H13F3N2/c16-11-4-5-12(14(18)13(11)17)20-8-10-3-1-2-9-6-7-19-15(9)10/h1-5,19-20H,6-8H2. The largest absolute Gasteiger partial charge is 0.384 e. The van der Waals surface area contributed by atoms with E-state index in [1.807, 2.05) is 18.2 Å². The van der Waals surface area contributed by atoms with E-state index < -0.39 is 17.5 Å².